The van der Waals surface area contributed by atoms with Gasteiger partial charge in [-0.2, -0.15) is 0 Å². The highest BCUT2D eigenvalue weighted by molar-refractivity contribution is 5.70. The molecule has 1 saturated heterocycles. The summed E-state index contributed by atoms with van der Waals surface area (Å²) in [6, 6.07) is 0. The molecule has 51 heavy (non-hydrogen) atoms. The van der Waals surface area contributed by atoms with Crippen LogP contribution in [0.4, 0.5) is 0 Å². The number of esters is 2. The summed E-state index contributed by atoms with van der Waals surface area (Å²) in [6.45, 7) is 8.01. The highest BCUT2D eigenvalue weighted by atomic mass is 16.7. The van der Waals surface area contributed by atoms with Crippen LogP contribution >= 0.6 is 0 Å². The molecule has 0 spiro atoms. The lowest BCUT2D eigenvalue weighted by Gasteiger charge is -2.22. The van der Waals surface area contributed by atoms with Crippen molar-refractivity contribution in [2.24, 2.45) is 11.8 Å². The van der Waals surface area contributed by atoms with Crippen LogP contribution in [0.5, 0.6) is 0 Å². The van der Waals surface area contributed by atoms with Gasteiger partial charge in [0.15, 0.2) is 12.4 Å². The second-order valence-electron chi connectivity index (χ2n) is 15.8. The van der Waals surface area contributed by atoms with Gasteiger partial charge in [-0.25, -0.2) is 0 Å². The van der Waals surface area contributed by atoms with Gasteiger partial charge >= 0.3 is 11.9 Å². The minimum Gasteiger partial charge on any atom is -0.462 e. The monoisotopic (exact) mass is 731 g/mol. The number of ether oxygens (including phenoxy) is 4. The molecule has 10 nitrogen and oxygen atoms in total. The number of aliphatic hydroxyl groups is 4. The number of rotatable bonds is 34. The quantitative estimate of drug-likeness (QED) is 0.0379. The lowest BCUT2D eigenvalue weighted by molar-refractivity contribution is -0.200. The molecule has 0 saturated carbocycles. The Labute approximate surface area is 310 Å². The Hall–Kier alpha value is -1.30. The van der Waals surface area contributed by atoms with E-state index in [0.717, 1.165) is 50.4 Å². The molecule has 0 radical (unpaired) electrons. The first-order chi connectivity index (χ1) is 24.5. The van der Waals surface area contributed by atoms with Gasteiger partial charge in [0.05, 0.1) is 13.2 Å². The lowest BCUT2D eigenvalue weighted by Crippen LogP contribution is -2.40. The summed E-state index contributed by atoms with van der Waals surface area (Å²) in [7, 11) is 0. The van der Waals surface area contributed by atoms with Crippen molar-refractivity contribution in [3.63, 3.8) is 0 Å². The van der Waals surface area contributed by atoms with Crippen LogP contribution in [0.15, 0.2) is 0 Å². The summed E-state index contributed by atoms with van der Waals surface area (Å²) in [5, 5.41) is 39.6. The molecule has 1 unspecified atom stereocenters. The van der Waals surface area contributed by atoms with Crippen LogP contribution < -0.4 is 0 Å². The van der Waals surface area contributed by atoms with Gasteiger partial charge in [0.2, 0.25) is 0 Å². The molecule has 1 fully saturated rings. The van der Waals surface area contributed by atoms with Gasteiger partial charge in [-0.1, -0.05) is 156 Å². The van der Waals surface area contributed by atoms with Crippen molar-refractivity contribution in [1.29, 1.82) is 0 Å². The van der Waals surface area contributed by atoms with Gasteiger partial charge in [0.1, 0.15) is 31.0 Å². The van der Waals surface area contributed by atoms with Gasteiger partial charge in [-0.15, -0.1) is 0 Å². The number of hydrogen-bond acceptors (Lipinski definition) is 10. The Balaban J connectivity index is 2.35. The minimum absolute atomic E-state index is 0.201. The predicted octanol–water partition coefficient (Wildman–Crippen LogP) is 7.93. The average molecular weight is 731 g/mol. The van der Waals surface area contributed by atoms with Crippen molar-refractivity contribution in [3.8, 4) is 0 Å². The first kappa shape index (κ1) is 47.7. The van der Waals surface area contributed by atoms with Gasteiger partial charge in [0, 0.05) is 12.8 Å². The number of hydrogen-bond donors (Lipinski definition) is 4. The largest absolute Gasteiger partial charge is 0.462 e. The van der Waals surface area contributed by atoms with Crippen molar-refractivity contribution < 1.29 is 49.0 Å². The molecule has 1 aliphatic rings. The molecule has 0 aromatic rings. The van der Waals surface area contributed by atoms with Crippen LogP contribution in [-0.2, 0) is 28.5 Å². The van der Waals surface area contributed by atoms with Gasteiger partial charge in [-0.3, -0.25) is 9.59 Å². The molecule has 0 amide bonds. The highest BCUT2D eigenvalue weighted by Crippen LogP contribution is 2.25. The summed E-state index contributed by atoms with van der Waals surface area (Å²) < 4.78 is 22.1. The number of unbranched alkanes of at least 4 members (excludes halogenated alkanes) is 18. The lowest BCUT2D eigenvalue weighted by atomic mass is 10.0. The first-order valence-corrected chi connectivity index (χ1v) is 20.8. The van der Waals surface area contributed by atoms with Crippen molar-refractivity contribution in [2.45, 2.75) is 219 Å². The van der Waals surface area contributed by atoms with E-state index in [4.69, 9.17) is 18.9 Å². The normalized spacial score (nSPS) is 20.3. The Morgan fingerprint density at radius 1 is 0.588 bits per heavy atom. The van der Waals surface area contributed by atoms with Crippen molar-refractivity contribution >= 4 is 11.9 Å². The van der Waals surface area contributed by atoms with E-state index < -0.39 is 49.4 Å². The Morgan fingerprint density at radius 3 is 1.43 bits per heavy atom. The topological polar surface area (TPSA) is 152 Å². The molecule has 0 bridgehead atoms. The Bertz CT molecular complexity index is 837. The summed E-state index contributed by atoms with van der Waals surface area (Å²) in [6.07, 6.45) is 18.7. The maximum absolute atomic E-state index is 12.7. The van der Waals surface area contributed by atoms with Crippen molar-refractivity contribution in [1.82, 2.24) is 0 Å². The van der Waals surface area contributed by atoms with E-state index in [1.54, 1.807) is 0 Å². The predicted molar refractivity (Wildman–Crippen MR) is 201 cm³/mol. The van der Waals surface area contributed by atoms with Crippen LogP contribution in [0.25, 0.3) is 0 Å². The zero-order valence-corrected chi connectivity index (χ0v) is 32.9. The summed E-state index contributed by atoms with van der Waals surface area (Å²) in [4.78, 5) is 25.2. The van der Waals surface area contributed by atoms with E-state index in [-0.39, 0.29) is 32.0 Å². The molecule has 302 valence electrons. The molecule has 0 aromatic heterocycles. The molecular formula is C41H78O10. The van der Waals surface area contributed by atoms with Crippen LogP contribution in [0.3, 0.4) is 0 Å². The smallest absolute Gasteiger partial charge is 0.306 e. The maximum Gasteiger partial charge on any atom is 0.306 e. The fourth-order valence-corrected chi connectivity index (χ4v) is 6.52. The van der Waals surface area contributed by atoms with Gasteiger partial charge in [-0.05, 0) is 24.7 Å². The average Bonchev–Trinajstić information content (AvgIpc) is 3.38. The van der Waals surface area contributed by atoms with Crippen LogP contribution in [0.2, 0.25) is 0 Å². The summed E-state index contributed by atoms with van der Waals surface area (Å²) in [5.41, 5.74) is 0. The third-order valence-corrected chi connectivity index (χ3v) is 9.82. The molecule has 0 aliphatic carbocycles. The van der Waals surface area contributed by atoms with Gasteiger partial charge in [0.25, 0.3) is 0 Å². The SMILES string of the molecule is CC(C)CCCCCCCCCCCCC(=O)OCC(CO[C@@H]1O[C@H]([C@H](O)CO)[C@H](O)[C@H]1O)OC(=O)CCCCCCCCCCCCC(C)C. The second-order valence-corrected chi connectivity index (χ2v) is 15.8. The number of aliphatic hydroxyl groups excluding tert-OH is 4. The number of carbonyl (C=O) groups excluding carboxylic acids is 2. The fourth-order valence-electron chi connectivity index (χ4n) is 6.52. The van der Waals surface area contributed by atoms with Gasteiger partial charge < -0.3 is 39.4 Å². The number of carbonyl (C=O) groups is 2. The maximum atomic E-state index is 12.7. The van der Waals surface area contributed by atoms with Crippen LogP contribution in [0, 0.1) is 11.8 Å². The summed E-state index contributed by atoms with van der Waals surface area (Å²) in [5.74, 6) is 0.800. The van der Waals surface area contributed by atoms with E-state index in [2.05, 4.69) is 27.7 Å². The molecule has 4 N–H and O–H groups in total. The first-order valence-electron chi connectivity index (χ1n) is 20.8. The van der Waals surface area contributed by atoms with E-state index in [0.29, 0.717) is 6.42 Å². The molecule has 0 aromatic carbocycles. The van der Waals surface area contributed by atoms with E-state index in [1.165, 1.54) is 96.3 Å². The molecule has 1 heterocycles. The summed E-state index contributed by atoms with van der Waals surface area (Å²) >= 11 is 0. The van der Waals surface area contributed by atoms with E-state index >= 15 is 0 Å². The molecule has 1 aliphatic heterocycles. The second kappa shape index (κ2) is 31.1. The van der Waals surface area contributed by atoms with E-state index in [9.17, 15) is 30.0 Å². The highest BCUT2D eigenvalue weighted by Gasteiger charge is 2.46. The van der Waals surface area contributed by atoms with Crippen molar-refractivity contribution in [2.75, 3.05) is 19.8 Å². The molecule has 1 rings (SSSR count). The standard InChI is InChI=1S/C41H78O10/c1-32(2)25-21-17-13-9-5-7-11-15-19-23-27-36(44)48-30-34(31-49-41-39(47)38(46)40(51-41)35(43)29-42)50-37(45)28-24-20-16-12-8-6-10-14-18-22-26-33(3)4/h32-35,38-43,46-47H,5-31H2,1-4H3/t34?,35-,38-,39-,40-,41-/m1/s1. The third-order valence-electron chi connectivity index (χ3n) is 9.82. The molecule has 10 heteroatoms. The third kappa shape index (κ3) is 25.4. The molecular weight excluding hydrogens is 652 g/mol. The zero-order chi connectivity index (χ0) is 37.7. The van der Waals surface area contributed by atoms with Crippen LogP contribution in [0.1, 0.15) is 182 Å². The Morgan fingerprint density at radius 2 is 1.00 bits per heavy atom. The molecule has 6 atom stereocenters. The zero-order valence-electron chi connectivity index (χ0n) is 32.9. The Kier molecular flexibility index (Phi) is 29.1. The van der Waals surface area contributed by atoms with E-state index in [1.807, 2.05) is 0 Å². The van der Waals surface area contributed by atoms with Crippen molar-refractivity contribution in [3.05, 3.63) is 0 Å². The minimum atomic E-state index is -1.48. The van der Waals surface area contributed by atoms with Crippen LogP contribution in [-0.4, -0.2) is 89.0 Å². The fraction of sp³-hybridized carbons (Fsp3) is 0.951.